The zero-order valence-electron chi connectivity index (χ0n) is 15.0. The summed E-state index contributed by atoms with van der Waals surface area (Å²) in [5.41, 5.74) is -2.60. The van der Waals surface area contributed by atoms with Gasteiger partial charge in [0.1, 0.15) is 11.6 Å². The van der Waals surface area contributed by atoms with Crippen LogP contribution in [0.25, 0.3) is 0 Å². The monoisotopic (exact) mass is 424 g/mol. The number of nitrogens with one attached hydrogen (secondary N) is 1. The molecule has 1 amide bonds. The van der Waals surface area contributed by atoms with Crippen molar-refractivity contribution in [3.8, 4) is 0 Å². The number of amides is 1. The molecule has 1 aromatic heterocycles. The van der Waals surface area contributed by atoms with Crippen molar-refractivity contribution >= 4 is 5.91 Å². The maximum atomic E-state index is 14.4. The molecular weight excluding hydrogens is 411 g/mol. The van der Waals surface area contributed by atoms with E-state index < -0.39 is 46.4 Å². The average Bonchev–Trinajstić information content (AvgIpc) is 2.68. The van der Waals surface area contributed by atoms with Gasteiger partial charge >= 0.3 is 6.18 Å². The summed E-state index contributed by atoms with van der Waals surface area (Å²) in [5, 5.41) is 11.7. The Hall–Kier alpha value is -3.69. The second kappa shape index (κ2) is 7.97. The Morgan fingerprint density at radius 2 is 1.57 bits per heavy atom. The molecule has 1 heterocycles. The molecule has 0 fully saturated rings. The van der Waals surface area contributed by atoms with E-state index in [0.717, 1.165) is 60.8 Å². The van der Waals surface area contributed by atoms with Gasteiger partial charge in [-0.25, -0.2) is 8.78 Å². The van der Waals surface area contributed by atoms with E-state index in [1.54, 1.807) is 0 Å². The summed E-state index contributed by atoms with van der Waals surface area (Å²) in [6.07, 6.45) is -3.82. The van der Waals surface area contributed by atoms with Crippen LogP contribution in [0.15, 0.2) is 65.6 Å². The van der Waals surface area contributed by atoms with Crippen LogP contribution in [-0.2, 0) is 6.18 Å². The van der Waals surface area contributed by atoms with Crippen molar-refractivity contribution in [1.29, 1.82) is 0 Å². The molecule has 156 valence electrons. The van der Waals surface area contributed by atoms with E-state index >= 15 is 0 Å². The zero-order chi connectivity index (χ0) is 22.1. The van der Waals surface area contributed by atoms with Crippen LogP contribution >= 0.6 is 0 Å². The maximum absolute atomic E-state index is 14.4. The molecule has 0 unspecified atom stereocenters. The number of benzene rings is 2. The number of hydrogen-bond donors (Lipinski definition) is 2. The number of alkyl halides is 3. The van der Waals surface area contributed by atoms with Gasteiger partial charge in [0.15, 0.2) is 0 Å². The lowest BCUT2D eigenvalue weighted by Gasteiger charge is -2.21. The highest BCUT2D eigenvalue weighted by Crippen LogP contribution is 2.32. The fraction of sp³-hybridized carbons (Fsp3) is 0.100. The van der Waals surface area contributed by atoms with Gasteiger partial charge in [-0.2, -0.15) is 17.9 Å². The van der Waals surface area contributed by atoms with Crippen LogP contribution in [0, 0.1) is 11.6 Å². The number of pyridine rings is 1. The number of carbonyl (C=O) groups excluding carboxylic acids is 1. The average molecular weight is 424 g/mol. The van der Waals surface area contributed by atoms with Crippen molar-refractivity contribution in [1.82, 2.24) is 10.0 Å². The number of aromatic nitrogens is 1. The van der Waals surface area contributed by atoms with Crippen molar-refractivity contribution in [3.63, 3.8) is 0 Å². The molecule has 1 atom stereocenters. The summed E-state index contributed by atoms with van der Waals surface area (Å²) in [5.74, 6) is -2.97. The third kappa shape index (κ3) is 4.32. The van der Waals surface area contributed by atoms with Crippen LogP contribution in [0.2, 0.25) is 0 Å². The van der Waals surface area contributed by atoms with E-state index in [2.05, 4.69) is 5.32 Å². The molecule has 3 rings (SSSR count). The van der Waals surface area contributed by atoms with Crippen LogP contribution in [0.1, 0.15) is 33.1 Å². The molecule has 5 nitrogen and oxygen atoms in total. The third-order valence-corrected chi connectivity index (χ3v) is 4.29. The van der Waals surface area contributed by atoms with Gasteiger partial charge in [0.2, 0.25) is 0 Å². The number of nitrogens with zero attached hydrogens (tertiary/aromatic N) is 1. The molecule has 0 aliphatic heterocycles. The Kier molecular flexibility index (Phi) is 5.59. The fourth-order valence-corrected chi connectivity index (χ4v) is 2.80. The Morgan fingerprint density at radius 1 is 0.967 bits per heavy atom. The standard InChI is InChI=1S/C20H13F5N2O3/c21-14-2-1-3-15(22)17(14)18(11-4-7-13(8-5-11)20(23,24)25)26-19(29)12-6-9-16(28)27(30)10-12/h1-10,18,30H,(H,26,29)/t18-/m0/s1. The highest BCUT2D eigenvalue weighted by molar-refractivity contribution is 5.94. The largest absolute Gasteiger partial charge is 0.425 e. The van der Waals surface area contributed by atoms with E-state index in [1.165, 1.54) is 0 Å². The van der Waals surface area contributed by atoms with Gasteiger partial charge in [-0.1, -0.05) is 18.2 Å². The molecular formula is C20H13F5N2O3. The Labute approximate surface area is 166 Å². The van der Waals surface area contributed by atoms with Gasteiger partial charge in [0.05, 0.1) is 28.9 Å². The molecule has 0 saturated carbocycles. The van der Waals surface area contributed by atoms with E-state index in [0.29, 0.717) is 0 Å². The predicted molar refractivity (Wildman–Crippen MR) is 95.0 cm³/mol. The van der Waals surface area contributed by atoms with Gasteiger partial charge < -0.3 is 10.5 Å². The first kappa shape index (κ1) is 21.0. The van der Waals surface area contributed by atoms with Gasteiger partial charge in [-0.05, 0) is 35.9 Å². The van der Waals surface area contributed by atoms with Crippen molar-refractivity contribution in [2.24, 2.45) is 0 Å². The maximum Gasteiger partial charge on any atom is 0.416 e. The first-order chi connectivity index (χ1) is 14.1. The van der Waals surface area contributed by atoms with Crippen molar-refractivity contribution < 1.29 is 32.0 Å². The van der Waals surface area contributed by atoms with Crippen molar-refractivity contribution in [2.75, 3.05) is 0 Å². The molecule has 0 bridgehead atoms. The zero-order valence-corrected chi connectivity index (χ0v) is 15.0. The minimum absolute atomic E-state index is 0.0160. The molecule has 0 radical (unpaired) electrons. The van der Waals surface area contributed by atoms with E-state index in [1.807, 2.05) is 0 Å². The minimum Gasteiger partial charge on any atom is -0.425 e. The van der Waals surface area contributed by atoms with E-state index in [4.69, 9.17) is 0 Å². The van der Waals surface area contributed by atoms with Crippen LogP contribution in [0.3, 0.4) is 0 Å². The second-order valence-corrected chi connectivity index (χ2v) is 6.26. The summed E-state index contributed by atoms with van der Waals surface area (Å²) in [7, 11) is 0. The summed E-state index contributed by atoms with van der Waals surface area (Å²) in [4.78, 5) is 23.8. The first-order valence-electron chi connectivity index (χ1n) is 8.42. The molecule has 30 heavy (non-hydrogen) atoms. The molecule has 2 N–H and O–H groups in total. The predicted octanol–water partition coefficient (Wildman–Crippen LogP) is 3.90. The molecule has 0 aliphatic rings. The van der Waals surface area contributed by atoms with Crippen LogP contribution < -0.4 is 10.9 Å². The molecule has 0 aliphatic carbocycles. The van der Waals surface area contributed by atoms with Crippen molar-refractivity contribution in [3.05, 3.63) is 105 Å². The summed E-state index contributed by atoms with van der Waals surface area (Å²) in [6, 6.07) is 6.89. The van der Waals surface area contributed by atoms with Gasteiger partial charge in [0.25, 0.3) is 11.5 Å². The third-order valence-electron chi connectivity index (χ3n) is 4.29. The number of halogens is 5. The summed E-state index contributed by atoms with van der Waals surface area (Å²) >= 11 is 0. The fourth-order valence-electron chi connectivity index (χ4n) is 2.80. The number of carbonyl (C=O) groups is 1. The lowest BCUT2D eigenvalue weighted by Crippen LogP contribution is -2.31. The molecule has 10 heteroatoms. The van der Waals surface area contributed by atoms with Crippen LogP contribution in [0.5, 0.6) is 0 Å². The molecule has 2 aromatic carbocycles. The summed E-state index contributed by atoms with van der Waals surface area (Å²) < 4.78 is 67.4. The lowest BCUT2D eigenvalue weighted by molar-refractivity contribution is -0.137. The minimum atomic E-state index is -4.62. The Balaban J connectivity index is 2.05. The quantitative estimate of drug-likeness (QED) is 0.493. The lowest BCUT2D eigenvalue weighted by atomic mass is 9.96. The van der Waals surface area contributed by atoms with E-state index in [9.17, 15) is 36.7 Å². The Morgan fingerprint density at radius 3 is 2.10 bits per heavy atom. The molecule has 0 saturated heterocycles. The highest BCUT2D eigenvalue weighted by Gasteiger charge is 2.31. The first-order valence-corrected chi connectivity index (χ1v) is 8.42. The van der Waals surface area contributed by atoms with Gasteiger partial charge in [-0.3, -0.25) is 9.59 Å². The smallest absolute Gasteiger partial charge is 0.416 e. The molecule has 0 spiro atoms. The number of hydrogen-bond acceptors (Lipinski definition) is 3. The van der Waals surface area contributed by atoms with Crippen LogP contribution in [-0.4, -0.2) is 15.8 Å². The summed E-state index contributed by atoms with van der Waals surface area (Å²) in [6.45, 7) is 0. The topological polar surface area (TPSA) is 71.3 Å². The SMILES string of the molecule is O=C(N[C@@H](c1ccc(C(F)(F)F)cc1)c1c(F)cccc1F)c1ccc(=O)n(O)c1. The molecule has 3 aromatic rings. The van der Waals surface area contributed by atoms with Crippen LogP contribution in [0.4, 0.5) is 22.0 Å². The Bertz CT molecular complexity index is 1120. The highest BCUT2D eigenvalue weighted by atomic mass is 19.4. The van der Waals surface area contributed by atoms with Gasteiger partial charge in [0, 0.05) is 6.07 Å². The van der Waals surface area contributed by atoms with E-state index in [-0.39, 0.29) is 15.9 Å². The van der Waals surface area contributed by atoms with Gasteiger partial charge in [-0.15, -0.1) is 0 Å². The second-order valence-electron chi connectivity index (χ2n) is 6.26. The normalized spacial score (nSPS) is 12.4. The number of rotatable bonds is 4. The van der Waals surface area contributed by atoms with Crippen molar-refractivity contribution in [2.45, 2.75) is 12.2 Å².